The van der Waals surface area contributed by atoms with E-state index in [0.717, 1.165) is 11.3 Å². The molecule has 2 heterocycles. The molecule has 1 aromatic carbocycles. The highest BCUT2D eigenvalue weighted by Crippen LogP contribution is 2.32. The number of ether oxygens (including phenoxy) is 2. The van der Waals surface area contributed by atoms with E-state index >= 15 is 0 Å². The van der Waals surface area contributed by atoms with E-state index in [-0.39, 0.29) is 12.7 Å². The van der Waals surface area contributed by atoms with Crippen LogP contribution in [-0.2, 0) is 4.79 Å². The van der Waals surface area contributed by atoms with E-state index in [4.69, 9.17) is 9.47 Å². The molecule has 1 aromatic rings. The summed E-state index contributed by atoms with van der Waals surface area (Å²) in [5.74, 6) is 1.33. The SMILES string of the molecule is CC1(O)CN(C(=O)C=Cc2ccc3c(c2)OCO3)C1. The van der Waals surface area contributed by atoms with Gasteiger partial charge in [-0.05, 0) is 30.7 Å². The summed E-state index contributed by atoms with van der Waals surface area (Å²) in [5.41, 5.74) is 0.146. The number of carbonyl (C=O) groups excluding carboxylic acids is 1. The van der Waals surface area contributed by atoms with Crippen molar-refractivity contribution in [3.63, 3.8) is 0 Å². The van der Waals surface area contributed by atoms with Gasteiger partial charge in [-0.3, -0.25) is 4.79 Å². The zero-order chi connectivity index (χ0) is 13.5. The summed E-state index contributed by atoms with van der Waals surface area (Å²) in [7, 11) is 0. The van der Waals surface area contributed by atoms with Gasteiger partial charge >= 0.3 is 0 Å². The maximum absolute atomic E-state index is 11.8. The Labute approximate surface area is 111 Å². The van der Waals surface area contributed by atoms with Gasteiger partial charge in [0.1, 0.15) is 0 Å². The number of benzene rings is 1. The van der Waals surface area contributed by atoms with Crippen molar-refractivity contribution < 1.29 is 19.4 Å². The molecule has 0 saturated carbocycles. The minimum absolute atomic E-state index is 0.0933. The average molecular weight is 261 g/mol. The molecule has 0 aromatic heterocycles. The Bertz CT molecular complexity index is 542. The van der Waals surface area contributed by atoms with Gasteiger partial charge in [0.2, 0.25) is 12.7 Å². The van der Waals surface area contributed by atoms with Gasteiger partial charge in [0.15, 0.2) is 11.5 Å². The first-order chi connectivity index (χ1) is 9.03. The van der Waals surface area contributed by atoms with Crippen molar-refractivity contribution in [2.45, 2.75) is 12.5 Å². The van der Waals surface area contributed by atoms with Crippen LogP contribution in [0.3, 0.4) is 0 Å². The number of nitrogens with zero attached hydrogens (tertiary/aromatic N) is 1. The van der Waals surface area contributed by atoms with Gasteiger partial charge in [0.25, 0.3) is 0 Å². The number of β-amino-alcohol motifs (C(OH)–C–C–N with tert-alkyl or cyclic N) is 1. The van der Waals surface area contributed by atoms with Gasteiger partial charge in [-0.1, -0.05) is 6.07 Å². The van der Waals surface area contributed by atoms with Crippen molar-refractivity contribution in [1.82, 2.24) is 4.90 Å². The van der Waals surface area contributed by atoms with Crippen molar-refractivity contribution in [2.75, 3.05) is 19.9 Å². The molecule has 3 rings (SSSR count). The monoisotopic (exact) mass is 261 g/mol. The molecule has 1 N–H and O–H groups in total. The van der Waals surface area contributed by atoms with Crippen LogP contribution >= 0.6 is 0 Å². The zero-order valence-electron chi connectivity index (χ0n) is 10.6. The normalized spacial score (nSPS) is 19.6. The lowest BCUT2D eigenvalue weighted by molar-refractivity contribution is -0.146. The minimum atomic E-state index is -0.734. The molecule has 0 spiro atoms. The first kappa shape index (κ1) is 12.0. The van der Waals surface area contributed by atoms with Crippen LogP contribution < -0.4 is 9.47 Å². The van der Waals surface area contributed by atoms with E-state index in [1.807, 2.05) is 18.2 Å². The molecule has 0 bridgehead atoms. The van der Waals surface area contributed by atoms with Gasteiger partial charge in [0.05, 0.1) is 18.7 Å². The number of fused-ring (bicyclic) bond motifs is 1. The van der Waals surface area contributed by atoms with E-state index in [1.54, 1.807) is 17.9 Å². The molecule has 100 valence electrons. The van der Waals surface area contributed by atoms with Gasteiger partial charge in [-0.25, -0.2) is 0 Å². The van der Waals surface area contributed by atoms with Gasteiger partial charge < -0.3 is 19.5 Å². The van der Waals surface area contributed by atoms with E-state index in [2.05, 4.69) is 0 Å². The summed E-state index contributed by atoms with van der Waals surface area (Å²) >= 11 is 0. The Kier molecular flexibility index (Phi) is 2.71. The van der Waals surface area contributed by atoms with Crippen LogP contribution in [0.2, 0.25) is 0 Å². The lowest BCUT2D eigenvalue weighted by atomic mass is 9.97. The van der Waals surface area contributed by atoms with Crippen molar-refractivity contribution in [1.29, 1.82) is 0 Å². The predicted octanol–water partition coefficient (Wildman–Crippen LogP) is 1.02. The minimum Gasteiger partial charge on any atom is -0.454 e. The molecule has 1 amide bonds. The van der Waals surface area contributed by atoms with Crippen LogP contribution in [0, 0.1) is 0 Å². The number of carbonyl (C=O) groups is 1. The number of amides is 1. The second kappa shape index (κ2) is 4.28. The fraction of sp³-hybridized carbons (Fsp3) is 0.357. The fourth-order valence-electron chi connectivity index (χ4n) is 2.22. The third-order valence-electron chi connectivity index (χ3n) is 3.19. The molecule has 0 aliphatic carbocycles. The molecule has 0 radical (unpaired) electrons. The Morgan fingerprint density at radius 2 is 2.11 bits per heavy atom. The first-order valence-electron chi connectivity index (χ1n) is 6.13. The first-order valence-corrected chi connectivity index (χ1v) is 6.13. The Morgan fingerprint density at radius 1 is 1.37 bits per heavy atom. The van der Waals surface area contributed by atoms with Crippen LogP contribution in [-0.4, -0.2) is 41.4 Å². The molecular weight excluding hydrogens is 246 g/mol. The Hall–Kier alpha value is -2.01. The van der Waals surface area contributed by atoms with E-state index in [9.17, 15) is 9.90 Å². The molecular formula is C14H15NO4. The molecule has 0 atom stereocenters. The van der Waals surface area contributed by atoms with Crippen LogP contribution in [0.25, 0.3) is 6.08 Å². The second-order valence-corrected chi connectivity index (χ2v) is 5.14. The largest absolute Gasteiger partial charge is 0.454 e. The molecule has 2 aliphatic rings. The highest BCUT2D eigenvalue weighted by atomic mass is 16.7. The molecule has 5 heteroatoms. The smallest absolute Gasteiger partial charge is 0.246 e. The summed E-state index contributed by atoms with van der Waals surface area (Å²) in [6.07, 6.45) is 3.24. The summed E-state index contributed by atoms with van der Waals surface area (Å²) in [4.78, 5) is 13.4. The van der Waals surface area contributed by atoms with Crippen LogP contribution in [0.4, 0.5) is 0 Å². The number of rotatable bonds is 2. The Morgan fingerprint density at radius 3 is 2.84 bits per heavy atom. The number of likely N-dealkylation sites (tertiary alicyclic amines) is 1. The van der Waals surface area contributed by atoms with Crippen molar-refractivity contribution in [3.8, 4) is 11.5 Å². The lowest BCUT2D eigenvalue weighted by Gasteiger charge is -2.43. The van der Waals surface area contributed by atoms with Crippen molar-refractivity contribution in [2.24, 2.45) is 0 Å². The Balaban J connectivity index is 1.65. The molecule has 2 aliphatic heterocycles. The quantitative estimate of drug-likeness (QED) is 0.808. The van der Waals surface area contributed by atoms with Gasteiger partial charge in [-0.15, -0.1) is 0 Å². The average Bonchev–Trinajstić information content (AvgIpc) is 2.80. The highest BCUT2D eigenvalue weighted by Gasteiger charge is 2.38. The summed E-state index contributed by atoms with van der Waals surface area (Å²) in [6.45, 7) is 2.73. The topological polar surface area (TPSA) is 59.0 Å². The predicted molar refractivity (Wildman–Crippen MR) is 68.8 cm³/mol. The molecule has 1 fully saturated rings. The number of aliphatic hydroxyl groups is 1. The molecule has 19 heavy (non-hydrogen) atoms. The molecule has 0 unspecified atom stereocenters. The van der Waals surface area contributed by atoms with Crippen LogP contribution in [0.1, 0.15) is 12.5 Å². The number of hydrogen-bond acceptors (Lipinski definition) is 4. The lowest BCUT2D eigenvalue weighted by Crippen LogP contribution is -2.61. The van der Waals surface area contributed by atoms with Crippen LogP contribution in [0.5, 0.6) is 11.5 Å². The van der Waals surface area contributed by atoms with Gasteiger partial charge in [0, 0.05) is 6.08 Å². The third-order valence-corrected chi connectivity index (χ3v) is 3.19. The summed E-state index contributed by atoms with van der Waals surface area (Å²) < 4.78 is 10.5. The van der Waals surface area contributed by atoms with E-state index < -0.39 is 5.60 Å². The summed E-state index contributed by atoms with van der Waals surface area (Å²) in [5, 5.41) is 9.58. The highest BCUT2D eigenvalue weighted by molar-refractivity contribution is 5.92. The molecule has 1 saturated heterocycles. The maximum Gasteiger partial charge on any atom is 0.246 e. The second-order valence-electron chi connectivity index (χ2n) is 5.14. The van der Waals surface area contributed by atoms with Gasteiger partial charge in [-0.2, -0.15) is 0 Å². The van der Waals surface area contributed by atoms with Crippen molar-refractivity contribution >= 4 is 12.0 Å². The van der Waals surface area contributed by atoms with Crippen LogP contribution in [0.15, 0.2) is 24.3 Å². The maximum atomic E-state index is 11.8. The van der Waals surface area contributed by atoms with E-state index in [1.165, 1.54) is 6.08 Å². The van der Waals surface area contributed by atoms with E-state index in [0.29, 0.717) is 18.8 Å². The third kappa shape index (κ3) is 2.42. The zero-order valence-corrected chi connectivity index (χ0v) is 10.6. The molecule has 5 nitrogen and oxygen atoms in total. The fourth-order valence-corrected chi connectivity index (χ4v) is 2.22. The summed E-state index contributed by atoms with van der Waals surface area (Å²) in [6, 6.07) is 5.52. The van der Waals surface area contributed by atoms with Crippen molar-refractivity contribution in [3.05, 3.63) is 29.8 Å². The standard InChI is InChI=1S/C14H15NO4/c1-14(17)7-15(8-14)13(16)5-3-10-2-4-11-12(6-10)19-9-18-11/h2-6,17H,7-9H2,1H3. The number of hydrogen-bond donors (Lipinski definition) is 1.